The highest BCUT2D eigenvalue weighted by molar-refractivity contribution is 7.12. The predicted molar refractivity (Wildman–Crippen MR) is 118 cm³/mol. The minimum Gasteiger partial charge on any atom is -0.477 e. The van der Waals surface area contributed by atoms with Crippen LogP contribution in [0.2, 0.25) is 0 Å². The molecule has 8 heteroatoms. The maximum atomic E-state index is 15.1. The highest BCUT2D eigenvalue weighted by Crippen LogP contribution is 2.32. The molecule has 3 heterocycles. The van der Waals surface area contributed by atoms with E-state index in [-0.39, 0.29) is 17.0 Å². The Kier molecular flexibility index (Phi) is 5.38. The Balaban J connectivity index is 1.78. The number of aromatic carboxylic acids is 1. The van der Waals surface area contributed by atoms with Crippen LogP contribution in [-0.4, -0.2) is 35.3 Å². The zero-order chi connectivity index (χ0) is 21.6. The van der Waals surface area contributed by atoms with Crippen molar-refractivity contribution in [2.45, 2.75) is 33.4 Å². The van der Waals surface area contributed by atoms with E-state index in [2.05, 4.69) is 25.2 Å². The molecule has 2 aromatic heterocycles. The summed E-state index contributed by atoms with van der Waals surface area (Å²) in [5, 5.41) is 12.9. The Hall–Kier alpha value is -2.71. The first-order chi connectivity index (χ1) is 14.3. The first kappa shape index (κ1) is 20.6. The van der Waals surface area contributed by atoms with E-state index >= 15 is 4.39 Å². The zero-order valence-electron chi connectivity index (χ0n) is 17.2. The minimum atomic E-state index is -1.31. The van der Waals surface area contributed by atoms with Crippen molar-refractivity contribution in [1.29, 1.82) is 0 Å². The van der Waals surface area contributed by atoms with Crippen LogP contribution in [0.5, 0.6) is 0 Å². The number of carboxylic acids is 1. The predicted octanol–water partition coefficient (Wildman–Crippen LogP) is 3.69. The molecule has 0 radical (unpaired) electrons. The number of nitrogens with zero attached hydrogens (tertiary/aromatic N) is 2. The zero-order valence-corrected chi connectivity index (χ0v) is 18.0. The summed E-state index contributed by atoms with van der Waals surface area (Å²) in [6.07, 6.45) is 1.34. The number of carboxylic acid groups (broad SMARTS) is 1. The summed E-state index contributed by atoms with van der Waals surface area (Å²) in [4.78, 5) is 28.5. The van der Waals surface area contributed by atoms with E-state index in [0.717, 1.165) is 6.54 Å². The highest BCUT2D eigenvalue weighted by Gasteiger charge is 2.26. The molecule has 6 nitrogen and oxygen atoms in total. The molecule has 158 valence electrons. The number of carbonyl (C=O) groups is 1. The number of piperazine rings is 1. The molecule has 1 aliphatic heterocycles. The van der Waals surface area contributed by atoms with Gasteiger partial charge in [-0.25, -0.2) is 9.18 Å². The summed E-state index contributed by atoms with van der Waals surface area (Å²) in [6.45, 7) is 8.49. The first-order valence-corrected chi connectivity index (χ1v) is 10.8. The maximum Gasteiger partial charge on any atom is 0.341 e. The molecule has 0 aliphatic carbocycles. The molecule has 1 saturated heterocycles. The van der Waals surface area contributed by atoms with Gasteiger partial charge in [0.25, 0.3) is 0 Å². The summed E-state index contributed by atoms with van der Waals surface area (Å²) in [5.74, 6) is -1.82. The summed E-state index contributed by atoms with van der Waals surface area (Å²) >= 11 is 1.76. The fourth-order valence-electron chi connectivity index (χ4n) is 4.23. The second kappa shape index (κ2) is 7.85. The summed E-state index contributed by atoms with van der Waals surface area (Å²) in [7, 11) is 0. The van der Waals surface area contributed by atoms with Crippen LogP contribution in [0.25, 0.3) is 10.9 Å². The lowest BCUT2D eigenvalue weighted by Gasteiger charge is -2.36. The van der Waals surface area contributed by atoms with Gasteiger partial charge in [-0.3, -0.25) is 4.79 Å². The Morgan fingerprint density at radius 2 is 2.10 bits per heavy atom. The average molecular weight is 430 g/mol. The van der Waals surface area contributed by atoms with Crippen molar-refractivity contribution in [2.75, 3.05) is 24.5 Å². The van der Waals surface area contributed by atoms with Gasteiger partial charge in [0.15, 0.2) is 0 Å². The fraction of sp³-hybridized carbons (Fsp3) is 0.364. The van der Waals surface area contributed by atoms with E-state index in [1.54, 1.807) is 22.0 Å². The van der Waals surface area contributed by atoms with Crippen LogP contribution in [0, 0.1) is 19.7 Å². The van der Waals surface area contributed by atoms with E-state index in [1.165, 1.54) is 27.6 Å². The van der Waals surface area contributed by atoms with E-state index in [9.17, 15) is 14.7 Å². The van der Waals surface area contributed by atoms with Gasteiger partial charge in [0.05, 0.1) is 17.2 Å². The van der Waals surface area contributed by atoms with Crippen molar-refractivity contribution in [2.24, 2.45) is 0 Å². The van der Waals surface area contributed by atoms with Crippen LogP contribution in [0.1, 0.15) is 38.6 Å². The van der Waals surface area contributed by atoms with Gasteiger partial charge in [-0.15, -0.1) is 11.3 Å². The maximum absolute atomic E-state index is 15.1. The number of fused-ring (bicyclic) bond motifs is 1. The molecule has 0 saturated carbocycles. The smallest absolute Gasteiger partial charge is 0.341 e. The van der Waals surface area contributed by atoms with Gasteiger partial charge < -0.3 is 19.9 Å². The van der Waals surface area contributed by atoms with Gasteiger partial charge >= 0.3 is 5.97 Å². The Morgan fingerprint density at radius 3 is 2.73 bits per heavy atom. The number of aromatic nitrogens is 1. The van der Waals surface area contributed by atoms with Gasteiger partial charge in [0, 0.05) is 47.5 Å². The number of aryl methyl sites for hydroxylation is 3. The SMILES string of the molecule is CCn1cc(C(=O)O)c(=O)c2cc(F)c(N3CCNC(c4cc(C)sc4C)C3)cc21. The van der Waals surface area contributed by atoms with Crippen molar-refractivity contribution in [1.82, 2.24) is 9.88 Å². The number of benzene rings is 1. The Morgan fingerprint density at radius 1 is 1.33 bits per heavy atom. The monoisotopic (exact) mass is 429 g/mol. The van der Waals surface area contributed by atoms with Crippen LogP contribution >= 0.6 is 11.3 Å². The van der Waals surface area contributed by atoms with E-state index < -0.39 is 17.2 Å². The lowest BCUT2D eigenvalue weighted by Crippen LogP contribution is -2.46. The number of nitrogens with one attached hydrogen (secondary N) is 1. The summed E-state index contributed by atoms with van der Waals surface area (Å²) < 4.78 is 16.8. The van der Waals surface area contributed by atoms with Crippen molar-refractivity contribution < 1.29 is 14.3 Å². The lowest BCUT2D eigenvalue weighted by molar-refractivity contribution is 0.0695. The molecule has 1 aromatic carbocycles. The molecule has 4 rings (SSSR count). The van der Waals surface area contributed by atoms with Crippen LogP contribution in [0.15, 0.2) is 29.2 Å². The minimum absolute atomic E-state index is 0.0917. The van der Waals surface area contributed by atoms with Crippen LogP contribution < -0.4 is 15.6 Å². The topological polar surface area (TPSA) is 74.6 Å². The van der Waals surface area contributed by atoms with Gasteiger partial charge in [-0.1, -0.05) is 0 Å². The molecule has 1 fully saturated rings. The molecular weight excluding hydrogens is 405 g/mol. The highest BCUT2D eigenvalue weighted by atomic mass is 32.1. The van der Waals surface area contributed by atoms with E-state index in [4.69, 9.17) is 0 Å². The molecule has 30 heavy (non-hydrogen) atoms. The largest absolute Gasteiger partial charge is 0.477 e. The standard InChI is InChI=1S/C22H24FN3O3S/c1-4-25-10-16(22(28)29)21(27)15-8-17(23)20(9-19(15)25)26-6-5-24-18(11-26)14-7-12(2)30-13(14)3/h7-10,18,24H,4-6,11H2,1-3H3,(H,28,29). The van der Waals surface area contributed by atoms with E-state index in [1.807, 2.05) is 11.8 Å². The third-order valence-corrected chi connectivity index (χ3v) is 6.67. The van der Waals surface area contributed by atoms with Crippen LogP contribution in [0.4, 0.5) is 10.1 Å². The second-order valence-corrected chi connectivity index (χ2v) is 9.07. The Labute approximate surface area is 177 Å². The van der Waals surface area contributed by atoms with Crippen LogP contribution in [-0.2, 0) is 6.54 Å². The number of hydrogen-bond donors (Lipinski definition) is 2. The summed E-state index contributed by atoms with van der Waals surface area (Å²) in [6, 6.07) is 5.14. The molecule has 1 unspecified atom stereocenters. The number of rotatable bonds is 4. The molecule has 1 aliphatic rings. The number of halogens is 1. The van der Waals surface area contributed by atoms with Gasteiger partial charge in [0.2, 0.25) is 5.43 Å². The number of anilines is 1. The molecule has 1 atom stereocenters. The quantitative estimate of drug-likeness (QED) is 0.662. The molecule has 0 bridgehead atoms. The third kappa shape index (κ3) is 3.50. The molecule has 2 N–H and O–H groups in total. The van der Waals surface area contributed by atoms with Gasteiger partial charge in [-0.2, -0.15) is 0 Å². The average Bonchev–Trinajstić information content (AvgIpc) is 3.06. The Bertz CT molecular complexity index is 1200. The fourth-order valence-corrected chi connectivity index (χ4v) is 5.22. The number of hydrogen-bond acceptors (Lipinski definition) is 5. The molecule has 0 amide bonds. The van der Waals surface area contributed by atoms with Crippen molar-refractivity contribution in [3.63, 3.8) is 0 Å². The molecule has 3 aromatic rings. The van der Waals surface area contributed by atoms with Crippen molar-refractivity contribution in [3.8, 4) is 0 Å². The van der Waals surface area contributed by atoms with Gasteiger partial charge in [-0.05, 0) is 44.5 Å². The van der Waals surface area contributed by atoms with Gasteiger partial charge in [0.1, 0.15) is 11.4 Å². The van der Waals surface area contributed by atoms with Crippen molar-refractivity contribution >= 4 is 33.9 Å². The van der Waals surface area contributed by atoms with Crippen molar-refractivity contribution in [3.05, 3.63) is 61.3 Å². The van der Waals surface area contributed by atoms with Crippen LogP contribution in [0.3, 0.4) is 0 Å². The van der Waals surface area contributed by atoms with E-state index in [0.29, 0.717) is 30.8 Å². The summed E-state index contributed by atoms with van der Waals surface area (Å²) in [5.41, 5.74) is 1.21. The third-order valence-electron chi connectivity index (χ3n) is 5.69. The lowest BCUT2D eigenvalue weighted by atomic mass is 10.0. The molecule has 0 spiro atoms. The second-order valence-electron chi connectivity index (χ2n) is 7.61. The number of pyridine rings is 1. The normalized spacial score (nSPS) is 16.9. The first-order valence-electron chi connectivity index (χ1n) is 9.95. The molecular formula is C22H24FN3O3S. The number of thiophene rings is 1.